The summed E-state index contributed by atoms with van der Waals surface area (Å²) in [4.78, 5) is 11.6. The van der Waals surface area contributed by atoms with Gasteiger partial charge in [0, 0.05) is 18.5 Å². The highest BCUT2D eigenvalue weighted by molar-refractivity contribution is 5.79. The zero-order chi connectivity index (χ0) is 9.84. The first-order valence-corrected chi connectivity index (χ1v) is 5.14. The SMILES string of the molecule is CC(N)CNC(=O)C1CCCC1C. The minimum absolute atomic E-state index is 0.0562. The maximum atomic E-state index is 11.6. The van der Waals surface area contributed by atoms with E-state index in [0.29, 0.717) is 12.5 Å². The maximum absolute atomic E-state index is 11.6. The van der Waals surface area contributed by atoms with Crippen LogP contribution in [0, 0.1) is 11.8 Å². The first-order valence-electron chi connectivity index (χ1n) is 5.14. The van der Waals surface area contributed by atoms with Gasteiger partial charge in [0.05, 0.1) is 0 Å². The molecule has 3 heteroatoms. The lowest BCUT2D eigenvalue weighted by atomic mass is 9.97. The molecule has 76 valence electrons. The average Bonchev–Trinajstić information content (AvgIpc) is 2.47. The van der Waals surface area contributed by atoms with E-state index in [0.717, 1.165) is 6.42 Å². The van der Waals surface area contributed by atoms with Crippen LogP contribution < -0.4 is 11.1 Å². The molecule has 0 saturated heterocycles. The normalized spacial score (nSPS) is 30.1. The monoisotopic (exact) mass is 184 g/mol. The third kappa shape index (κ3) is 2.99. The predicted molar refractivity (Wildman–Crippen MR) is 53.2 cm³/mol. The van der Waals surface area contributed by atoms with Gasteiger partial charge >= 0.3 is 0 Å². The first-order chi connectivity index (χ1) is 6.11. The number of hydrogen-bond donors (Lipinski definition) is 2. The molecule has 1 fully saturated rings. The Labute approximate surface area is 80.1 Å². The van der Waals surface area contributed by atoms with Crippen LogP contribution in [-0.4, -0.2) is 18.5 Å². The van der Waals surface area contributed by atoms with Crippen LogP contribution in [0.25, 0.3) is 0 Å². The molecular formula is C10H20N2O. The Morgan fingerprint density at radius 2 is 2.31 bits per heavy atom. The topological polar surface area (TPSA) is 55.1 Å². The van der Waals surface area contributed by atoms with Gasteiger partial charge in [0.15, 0.2) is 0 Å². The smallest absolute Gasteiger partial charge is 0.223 e. The lowest BCUT2D eigenvalue weighted by molar-refractivity contribution is -0.125. The Morgan fingerprint density at radius 1 is 1.62 bits per heavy atom. The standard InChI is InChI=1S/C10H20N2O/c1-7-4-3-5-9(7)10(13)12-6-8(2)11/h7-9H,3-6,11H2,1-2H3,(H,12,13). The second-order valence-corrected chi connectivity index (χ2v) is 4.24. The van der Waals surface area contributed by atoms with Gasteiger partial charge in [0.1, 0.15) is 0 Å². The van der Waals surface area contributed by atoms with E-state index in [1.807, 2.05) is 6.92 Å². The number of hydrogen-bond acceptors (Lipinski definition) is 2. The van der Waals surface area contributed by atoms with Gasteiger partial charge in [-0.3, -0.25) is 4.79 Å². The largest absolute Gasteiger partial charge is 0.354 e. The number of nitrogens with one attached hydrogen (secondary N) is 1. The molecule has 0 aliphatic heterocycles. The van der Waals surface area contributed by atoms with E-state index in [-0.39, 0.29) is 17.9 Å². The van der Waals surface area contributed by atoms with E-state index in [9.17, 15) is 4.79 Å². The second kappa shape index (κ2) is 4.61. The number of nitrogens with two attached hydrogens (primary N) is 1. The molecular weight excluding hydrogens is 164 g/mol. The third-order valence-electron chi connectivity index (χ3n) is 2.80. The van der Waals surface area contributed by atoms with Crippen molar-refractivity contribution in [2.75, 3.05) is 6.54 Å². The van der Waals surface area contributed by atoms with Crippen LogP contribution in [-0.2, 0) is 4.79 Å². The molecule has 13 heavy (non-hydrogen) atoms. The van der Waals surface area contributed by atoms with Crippen LogP contribution >= 0.6 is 0 Å². The minimum Gasteiger partial charge on any atom is -0.354 e. The Kier molecular flexibility index (Phi) is 3.72. The number of rotatable bonds is 3. The summed E-state index contributed by atoms with van der Waals surface area (Å²) in [7, 11) is 0. The van der Waals surface area contributed by atoms with Gasteiger partial charge < -0.3 is 11.1 Å². The molecule has 0 spiro atoms. The van der Waals surface area contributed by atoms with Crippen LogP contribution in [0.1, 0.15) is 33.1 Å². The van der Waals surface area contributed by atoms with Crippen molar-refractivity contribution in [1.82, 2.24) is 5.32 Å². The van der Waals surface area contributed by atoms with Crippen molar-refractivity contribution >= 4 is 5.91 Å². The maximum Gasteiger partial charge on any atom is 0.223 e. The zero-order valence-corrected chi connectivity index (χ0v) is 8.55. The van der Waals surface area contributed by atoms with Gasteiger partial charge in [-0.1, -0.05) is 13.3 Å². The van der Waals surface area contributed by atoms with Crippen molar-refractivity contribution < 1.29 is 4.79 Å². The molecule has 3 N–H and O–H groups in total. The van der Waals surface area contributed by atoms with Crippen molar-refractivity contribution in [3.8, 4) is 0 Å². The highest BCUT2D eigenvalue weighted by Crippen LogP contribution is 2.30. The highest BCUT2D eigenvalue weighted by Gasteiger charge is 2.29. The summed E-state index contributed by atoms with van der Waals surface area (Å²) in [6, 6.07) is 0.0562. The van der Waals surface area contributed by atoms with Crippen LogP contribution in [0.4, 0.5) is 0 Å². The molecule has 0 aromatic rings. The van der Waals surface area contributed by atoms with Gasteiger partial charge in [0.25, 0.3) is 0 Å². The average molecular weight is 184 g/mol. The van der Waals surface area contributed by atoms with Crippen LogP contribution in [0.3, 0.4) is 0 Å². The van der Waals surface area contributed by atoms with E-state index in [4.69, 9.17) is 5.73 Å². The molecule has 0 heterocycles. The Morgan fingerprint density at radius 3 is 2.77 bits per heavy atom. The van der Waals surface area contributed by atoms with Gasteiger partial charge in [0.2, 0.25) is 5.91 Å². The van der Waals surface area contributed by atoms with E-state index in [1.54, 1.807) is 0 Å². The van der Waals surface area contributed by atoms with Crippen LogP contribution in [0.5, 0.6) is 0 Å². The van der Waals surface area contributed by atoms with E-state index in [2.05, 4.69) is 12.2 Å². The van der Waals surface area contributed by atoms with Crippen molar-refractivity contribution in [2.45, 2.75) is 39.2 Å². The van der Waals surface area contributed by atoms with E-state index >= 15 is 0 Å². The minimum atomic E-state index is 0.0562. The summed E-state index contributed by atoms with van der Waals surface area (Å²) in [6.07, 6.45) is 3.43. The number of carbonyl (C=O) groups excluding carboxylic acids is 1. The lowest BCUT2D eigenvalue weighted by Gasteiger charge is -2.15. The van der Waals surface area contributed by atoms with Crippen molar-refractivity contribution in [1.29, 1.82) is 0 Å². The third-order valence-corrected chi connectivity index (χ3v) is 2.80. The van der Waals surface area contributed by atoms with Gasteiger partial charge in [-0.05, 0) is 25.7 Å². The number of carbonyl (C=O) groups is 1. The fourth-order valence-corrected chi connectivity index (χ4v) is 1.93. The molecule has 3 unspecified atom stereocenters. The summed E-state index contributed by atoms with van der Waals surface area (Å²) in [5.74, 6) is 0.981. The van der Waals surface area contributed by atoms with E-state index in [1.165, 1.54) is 12.8 Å². The van der Waals surface area contributed by atoms with Gasteiger partial charge in [-0.25, -0.2) is 0 Å². The predicted octanol–water partition coefficient (Wildman–Crippen LogP) is 0.886. The Bertz CT molecular complexity index is 180. The lowest BCUT2D eigenvalue weighted by Crippen LogP contribution is -2.39. The molecule has 1 aliphatic carbocycles. The van der Waals surface area contributed by atoms with Crippen molar-refractivity contribution in [2.24, 2.45) is 17.6 Å². The Balaban J connectivity index is 2.30. The van der Waals surface area contributed by atoms with Crippen LogP contribution in [0.2, 0.25) is 0 Å². The van der Waals surface area contributed by atoms with Crippen LogP contribution in [0.15, 0.2) is 0 Å². The van der Waals surface area contributed by atoms with Crippen molar-refractivity contribution in [3.63, 3.8) is 0 Å². The molecule has 0 radical (unpaired) electrons. The Hall–Kier alpha value is -0.570. The van der Waals surface area contributed by atoms with Gasteiger partial charge in [-0.2, -0.15) is 0 Å². The highest BCUT2D eigenvalue weighted by atomic mass is 16.1. The molecule has 1 saturated carbocycles. The number of amides is 1. The van der Waals surface area contributed by atoms with E-state index < -0.39 is 0 Å². The summed E-state index contributed by atoms with van der Waals surface area (Å²) in [5.41, 5.74) is 5.56. The summed E-state index contributed by atoms with van der Waals surface area (Å²) in [6.45, 7) is 4.66. The summed E-state index contributed by atoms with van der Waals surface area (Å²) >= 11 is 0. The molecule has 0 bridgehead atoms. The summed E-state index contributed by atoms with van der Waals surface area (Å²) in [5, 5.41) is 2.89. The molecule has 1 amide bonds. The fourth-order valence-electron chi connectivity index (χ4n) is 1.93. The molecule has 0 aromatic carbocycles. The quantitative estimate of drug-likeness (QED) is 0.684. The molecule has 1 rings (SSSR count). The molecule has 3 atom stereocenters. The zero-order valence-electron chi connectivity index (χ0n) is 8.55. The van der Waals surface area contributed by atoms with Gasteiger partial charge in [-0.15, -0.1) is 0 Å². The van der Waals surface area contributed by atoms with Crippen molar-refractivity contribution in [3.05, 3.63) is 0 Å². The molecule has 1 aliphatic rings. The second-order valence-electron chi connectivity index (χ2n) is 4.24. The first kappa shape index (κ1) is 10.5. The fraction of sp³-hybridized carbons (Fsp3) is 0.900. The molecule has 3 nitrogen and oxygen atoms in total. The molecule has 0 aromatic heterocycles. The summed E-state index contributed by atoms with van der Waals surface area (Å²) < 4.78 is 0.